The normalized spacial score (nSPS) is 19.7. The Labute approximate surface area is 208 Å². The minimum Gasteiger partial charge on any atom is -0.497 e. The topological polar surface area (TPSA) is 45.6 Å². The number of piperidine rings is 1. The summed E-state index contributed by atoms with van der Waals surface area (Å²) in [7, 11) is 1.59. The van der Waals surface area contributed by atoms with Crippen LogP contribution in [0.25, 0.3) is 10.9 Å². The molecule has 2 heterocycles. The molecule has 4 nitrogen and oxygen atoms in total. The van der Waals surface area contributed by atoms with E-state index in [9.17, 15) is 13.9 Å². The number of fused-ring (bicyclic) bond motifs is 1. The van der Waals surface area contributed by atoms with E-state index in [0.29, 0.717) is 34.8 Å². The van der Waals surface area contributed by atoms with Crippen LogP contribution in [0.3, 0.4) is 0 Å². The number of halogens is 3. The Morgan fingerprint density at radius 2 is 1.94 bits per heavy atom. The maximum Gasteiger partial charge on any atom is 0.127 e. The minimum atomic E-state index is -1.12. The molecule has 3 aromatic rings. The van der Waals surface area contributed by atoms with Crippen molar-refractivity contribution in [3.05, 3.63) is 65.9 Å². The molecule has 0 bridgehead atoms. The highest BCUT2D eigenvalue weighted by Gasteiger charge is 2.29. The van der Waals surface area contributed by atoms with E-state index < -0.39 is 17.8 Å². The van der Waals surface area contributed by atoms with Crippen molar-refractivity contribution in [3.8, 4) is 5.75 Å². The summed E-state index contributed by atoms with van der Waals surface area (Å²) in [5.41, 5.74) is 1.36. The van der Waals surface area contributed by atoms with Crippen molar-refractivity contribution in [2.75, 3.05) is 39.1 Å². The number of rotatable bonds is 10. The molecule has 1 aliphatic heterocycles. The number of methoxy groups -OCH3 is 1. The van der Waals surface area contributed by atoms with Crippen LogP contribution in [0.2, 0.25) is 0 Å². The first kappa shape index (κ1) is 25.8. The van der Waals surface area contributed by atoms with Gasteiger partial charge < -0.3 is 14.7 Å². The average molecular weight is 505 g/mol. The lowest BCUT2D eigenvalue weighted by atomic mass is 9.81. The van der Waals surface area contributed by atoms with Crippen molar-refractivity contribution < 1.29 is 23.0 Å². The highest BCUT2D eigenvalue weighted by atomic mass is 32.2. The zero-order valence-electron chi connectivity index (χ0n) is 19.8. The van der Waals surface area contributed by atoms with E-state index >= 15 is 4.39 Å². The first-order valence-corrected chi connectivity index (χ1v) is 12.9. The van der Waals surface area contributed by atoms with E-state index in [0.717, 1.165) is 43.0 Å². The molecule has 4 rings (SSSR count). The number of aliphatic hydroxyl groups is 1. The summed E-state index contributed by atoms with van der Waals surface area (Å²) in [5, 5.41) is 10.8. The second-order valence-corrected chi connectivity index (χ2v) is 10.2. The molecule has 188 valence electrons. The van der Waals surface area contributed by atoms with Gasteiger partial charge in [0.1, 0.15) is 23.6 Å². The molecule has 2 aromatic carbocycles. The molecular formula is C27H31F3N2O2S. The predicted molar refractivity (Wildman–Crippen MR) is 134 cm³/mol. The number of nitrogens with zero attached hydrogens (tertiary/aromatic N) is 2. The van der Waals surface area contributed by atoms with Gasteiger partial charge in [-0.2, -0.15) is 0 Å². The monoisotopic (exact) mass is 504 g/mol. The smallest absolute Gasteiger partial charge is 0.127 e. The van der Waals surface area contributed by atoms with Crippen molar-refractivity contribution in [1.29, 1.82) is 0 Å². The first-order chi connectivity index (χ1) is 17.0. The van der Waals surface area contributed by atoms with Crippen LogP contribution in [0.5, 0.6) is 5.75 Å². The van der Waals surface area contributed by atoms with Gasteiger partial charge in [0.2, 0.25) is 0 Å². The Hall–Kier alpha value is -2.29. The summed E-state index contributed by atoms with van der Waals surface area (Å²) in [6.07, 6.45) is 2.50. The molecule has 1 fully saturated rings. The van der Waals surface area contributed by atoms with Crippen LogP contribution in [0.15, 0.2) is 53.6 Å². The van der Waals surface area contributed by atoms with Crippen LogP contribution in [-0.4, -0.2) is 54.1 Å². The van der Waals surface area contributed by atoms with Gasteiger partial charge in [-0.05, 0) is 79.6 Å². The Morgan fingerprint density at radius 3 is 2.69 bits per heavy atom. The van der Waals surface area contributed by atoms with Crippen LogP contribution in [0.4, 0.5) is 13.2 Å². The van der Waals surface area contributed by atoms with Crippen LogP contribution in [0, 0.1) is 23.5 Å². The van der Waals surface area contributed by atoms with Gasteiger partial charge in [0.25, 0.3) is 0 Å². The van der Waals surface area contributed by atoms with E-state index in [1.165, 1.54) is 23.9 Å². The molecule has 0 amide bonds. The number of aliphatic hydroxyl groups excluding tert-OH is 1. The van der Waals surface area contributed by atoms with Gasteiger partial charge in [-0.25, -0.2) is 13.2 Å². The quantitative estimate of drug-likeness (QED) is 0.341. The average Bonchev–Trinajstić information content (AvgIpc) is 2.86. The lowest BCUT2D eigenvalue weighted by molar-refractivity contribution is 0.0672. The fraction of sp³-hybridized carbons (Fsp3) is 0.444. The summed E-state index contributed by atoms with van der Waals surface area (Å²) in [6, 6.07) is 10.8. The van der Waals surface area contributed by atoms with Gasteiger partial charge in [0.05, 0.1) is 12.6 Å². The first-order valence-electron chi connectivity index (χ1n) is 12.0. The molecule has 35 heavy (non-hydrogen) atoms. The van der Waals surface area contributed by atoms with Crippen molar-refractivity contribution in [2.24, 2.45) is 11.8 Å². The van der Waals surface area contributed by atoms with Crippen molar-refractivity contribution in [1.82, 2.24) is 9.88 Å². The van der Waals surface area contributed by atoms with Gasteiger partial charge in [0.15, 0.2) is 0 Å². The number of likely N-dealkylation sites (tertiary alicyclic amines) is 1. The molecular weight excluding hydrogens is 473 g/mol. The predicted octanol–water partition coefficient (Wildman–Crippen LogP) is 6.04. The van der Waals surface area contributed by atoms with Gasteiger partial charge >= 0.3 is 0 Å². The van der Waals surface area contributed by atoms with E-state index in [2.05, 4.69) is 9.88 Å². The fourth-order valence-corrected chi connectivity index (χ4v) is 5.89. The molecule has 1 saturated heterocycles. The highest BCUT2D eigenvalue weighted by Crippen LogP contribution is 2.35. The second-order valence-electron chi connectivity index (χ2n) is 9.07. The number of hydrogen-bond donors (Lipinski definition) is 1. The summed E-state index contributed by atoms with van der Waals surface area (Å²) in [6.45, 7) is 2.44. The number of benzene rings is 2. The minimum absolute atomic E-state index is 0.0652. The third-order valence-electron chi connectivity index (χ3n) is 6.83. The third kappa shape index (κ3) is 6.68. The summed E-state index contributed by atoms with van der Waals surface area (Å²) >= 11 is 1.42. The van der Waals surface area contributed by atoms with E-state index in [1.807, 2.05) is 18.2 Å². The lowest BCUT2D eigenvalue weighted by Crippen LogP contribution is -2.43. The molecule has 0 radical (unpaired) electrons. The largest absolute Gasteiger partial charge is 0.497 e. The van der Waals surface area contributed by atoms with Crippen LogP contribution in [0.1, 0.15) is 31.0 Å². The Balaban J connectivity index is 1.29. The third-order valence-corrected chi connectivity index (χ3v) is 7.79. The molecule has 8 heteroatoms. The van der Waals surface area contributed by atoms with Crippen LogP contribution in [-0.2, 0) is 0 Å². The Morgan fingerprint density at radius 1 is 1.14 bits per heavy atom. The zero-order valence-corrected chi connectivity index (χ0v) is 20.6. The van der Waals surface area contributed by atoms with E-state index in [4.69, 9.17) is 4.74 Å². The molecule has 1 N–H and O–H groups in total. The van der Waals surface area contributed by atoms with Crippen molar-refractivity contribution in [3.63, 3.8) is 0 Å². The van der Waals surface area contributed by atoms with Crippen molar-refractivity contribution in [2.45, 2.75) is 30.3 Å². The summed E-state index contributed by atoms with van der Waals surface area (Å²) in [4.78, 5) is 7.18. The number of thioether (sulfide) groups is 1. The van der Waals surface area contributed by atoms with Gasteiger partial charge in [-0.15, -0.1) is 11.8 Å². The van der Waals surface area contributed by atoms with Crippen LogP contribution >= 0.6 is 11.8 Å². The summed E-state index contributed by atoms with van der Waals surface area (Å²) < 4.78 is 47.4. The number of aromatic nitrogens is 1. The zero-order chi connectivity index (χ0) is 24.8. The summed E-state index contributed by atoms with van der Waals surface area (Å²) in [5.74, 6) is 0.574. The lowest BCUT2D eigenvalue weighted by Gasteiger charge is -2.38. The number of pyridine rings is 1. The standard InChI is InChI=1S/C27H31F3N2O2S/c1-34-22-3-5-27-25(15-22)24(6-8-31-27)26(30)4-2-18-7-9-32(16-19(18)17-33)10-11-35-23-13-20(28)12-21(29)14-23/h3,5-6,8,12-15,18-19,26,33H,2,4,7,9-11,16-17H2,1H3/t18-,19-,26?/m1/s1. The van der Waals surface area contributed by atoms with Gasteiger partial charge in [-0.3, -0.25) is 4.98 Å². The van der Waals surface area contributed by atoms with E-state index in [-0.39, 0.29) is 18.4 Å². The maximum atomic E-state index is 15.4. The second kappa shape index (κ2) is 12.1. The number of hydrogen-bond acceptors (Lipinski definition) is 5. The van der Waals surface area contributed by atoms with Gasteiger partial charge in [-0.1, -0.05) is 0 Å². The number of alkyl halides is 1. The SMILES string of the molecule is COc1ccc2nccc(C(F)CC[C@@H]3CCN(CCSc4cc(F)cc(F)c4)C[C@@H]3CO)c2c1. The molecule has 3 atom stereocenters. The fourth-order valence-electron chi connectivity index (χ4n) is 4.91. The Bertz CT molecular complexity index is 1110. The molecule has 0 spiro atoms. The van der Waals surface area contributed by atoms with E-state index in [1.54, 1.807) is 19.4 Å². The van der Waals surface area contributed by atoms with Crippen molar-refractivity contribution >= 4 is 22.7 Å². The molecule has 0 saturated carbocycles. The Kier molecular flexibility index (Phi) is 8.92. The molecule has 1 aliphatic rings. The molecule has 0 aliphatic carbocycles. The molecule has 1 aromatic heterocycles. The number of ether oxygens (including phenoxy) is 1. The molecule has 1 unspecified atom stereocenters. The highest BCUT2D eigenvalue weighted by molar-refractivity contribution is 7.99. The maximum absolute atomic E-state index is 15.4. The van der Waals surface area contributed by atoms with Gasteiger partial charge in [0, 0.05) is 48.0 Å². The van der Waals surface area contributed by atoms with Crippen LogP contribution < -0.4 is 4.74 Å².